The molecule has 1 aromatic heterocycles. The van der Waals surface area contributed by atoms with Crippen LogP contribution in [-0.4, -0.2) is 48.3 Å². The molecule has 8 heteroatoms. The summed E-state index contributed by atoms with van der Waals surface area (Å²) in [5, 5.41) is 0. The molecule has 0 aliphatic rings. The van der Waals surface area contributed by atoms with E-state index >= 15 is 0 Å². The predicted molar refractivity (Wildman–Crippen MR) is 111 cm³/mol. The van der Waals surface area contributed by atoms with Crippen LogP contribution in [0.1, 0.15) is 45.1 Å². The maximum absolute atomic E-state index is 12.7. The lowest BCUT2D eigenvalue weighted by molar-refractivity contribution is -0.115. The Balaban J connectivity index is 2.09. The normalized spacial score (nSPS) is 11.9. The van der Waals surface area contributed by atoms with Crippen molar-refractivity contribution in [3.63, 3.8) is 0 Å². The van der Waals surface area contributed by atoms with Gasteiger partial charge in [-0.05, 0) is 39.0 Å². The van der Waals surface area contributed by atoms with Gasteiger partial charge in [-0.3, -0.25) is 9.59 Å². The van der Waals surface area contributed by atoms with Crippen LogP contribution in [0.3, 0.4) is 0 Å². The molecule has 0 aliphatic carbocycles. The Labute approximate surface area is 174 Å². The minimum atomic E-state index is -0.618. The summed E-state index contributed by atoms with van der Waals surface area (Å²) in [5.41, 5.74) is 7.74. The van der Waals surface area contributed by atoms with E-state index in [4.69, 9.17) is 15.2 Å². The van der Waals surface area contributed by atoms with Crippen LogP contribution >= 0.6 is 11.8 Å². The zero-order valence-corrected chi connectivity index (χ0v) is 17.9. The summed E-state index contributed by atoms with van der Waals surface area (Å²) in [6.07, 6.45) is 0. The second-order valence-corrected chi connectivity index (χ2v) is 7.73. The number of ketones is 1. The largest absolute Gasteiger partial charge is 0.454 e. The number of nitrogens with zero attached hydrogens (tertiary/aromatic N) is 1. The Bertz CT molecular complexity index is 906. The molecule has 0 aliphatic heterocycles. The number of amides is 1. The van der Waals surface area contributed by atoms with Gasteiger partial charge in [0.25, 0.3) is 0 Å². The lowest BCUT2D eigenvalue weighted by Crippen LogP contribution is -2.17. The van der Waals surface area contributed by atoms with E-state index in [1.54, 1.807) is 37.4 Å². The first-order valence-electron chi connectivity index (χ1n) is 9.14. The first-order valence-corrected chi connectivity index (χ1v) is 10.1. The van der Waals surface area contributed by atoms with Crippen LogP contribution in [0.15, 0.2) is 35.2 Å². The molecule has 1 atom stereocenters. The number of benzene rings is 1. The SMILES string of the molecule is COC[C@@H](C)n1c(C)cc(C(=O)COC(=O)c2ccccc2SCC(N)=O)c1C. The molecule has 1 heterocycles. The number of esters is 1. The van der Waals surface area contributed by atoms with Crippen molar-refractivity contribution in [1.29, 1.82) is 0 Å². The highest BCUT2D eigenvalue weighted by molar-refractivity contribution is 8.00. The van der Waals surface area contributed by atoms with E-state index in [2.05, 4.69) is 0 Å². The Morgan fingerprint density at radius 2 is 1.86 bits per heavy atom. The Morgan fingerprint density at radius 3 is 2.52 bits per heavy atom. The van der Waals surface area contributed by atoms with Crippen LogP contribution in [0.25, 0.3) is 0 Å². The number of aromatic nitrogens is 1. The van der Waals surface area contributed by atoms with Crippen molar-refractivity contribution in [3.8, 4) is 0 Å². The van der Waals surface area contributed by atoms with E-state index in [1.807, 2.05) is 25.3 Å². The molecule has 2 aromatic rings. The Hall–Kier alpha value is -2.58. The van der Waals surface area contributed by atoms with Crippen molar-refractivity contribution < 1.29 is 23.9 Å². The van der Waals surface area contributed by atoms with Crippen molar-refractivity contribution in [3.05, 3.63) is 52.8 Å². The fourth-order valence-corrected chi connectivity index (χ4v) is 4.03. The highest BCUT2D eigenvalue weighted by Gasteiger charge is 2.21. The summed E-state index contributed by atoms with van der Waals surface area (Å²) < 4.78 is 12.5. The van der Waals surface area contributed by atoms with Gasteiger partial charge in [0, 0.05) is 29.0 Å². The molecular formula is C21H26N2O5S. The zero-order chi connectivity index (χ0) is 21.6. The average Bonchev–Trinajstić information content (AvgIpc) is 2.98. The third-order valence-corrected chi connectivity index (χ3v) is 5.54. The third kappa shape index (κ3) is 5.71. The number of aryl methyl sites for hydroxylation is 1. The predicted octanol–water partition coefficient (Wildman–Crippen LogP) is 2.93. The summed E-state index contributed by atoms with van der Waals surface area (Å²) >= 11 is 1.15. The quantitative estimate of drug-likeness (QED) is 0.362. The van der Waals surface area contributed by atoms with Crippen LogP contribution in [0.5, 0.6) is 0 Å². The number of carbonyl (C=O) groups excluding carboxylic acids is 3. The maximum atomic E-state index is 12.7. The molecule has 29 heavy (non-hydrogen) atoms. The van der Waals surface area contributed by atoms with E-state index in [-0.39, 0.29) is 24.2 Å². The summed E-state index contributed by atoms with van der Waals surface area (Å²) in [6.45, 7) is 5.96. The molecule has 0 fully saturated rings. The molecule has 1 aromatic carbocycles. The van der Waals surface area contributed by atoms with Gasteiger partial charge in [0.15, 0.2) is 6.61 Å². The molecule has 0 saturated heterocycles. The molecule has 1 amide bonds. The molecule has 2 rings (SSSR count). The first kappa shape index (κ1) is 22.7. The molecule has 0 radical (unpaired) electrons. The summed E-state index contributed by atoms with van der Waals surface area (Å²) in [4.78, 5) is 36.7. The molecule has 0 saturated carbocycles. The number of primary amides is 1. The monoisotopic (exact) mass is 418 g/mol. The van der Waals surface area contributed by atoms with Crippen LogP contribution in [0.2, 0.25) is 0 Å². The van der Waals surface area contributed by atoms with Crippen molar-refractivity contribution in [1.82, 2.24) is 4.57 Å². The standard InChI is InChI=1S/C21H26N2O5S/c1-13-9-17(15(3)23(13)14(2)10-27-4)18(24)11-28-21(26)16-7-5-6-8-19(16)29-12-20(22)25/h5-9,14H,10-12H2,1-4H3,(H2,22,25)/t14-/m1/s1. The molecule has 0 bridgehead atoms. The number of Topliss-reactive ketones (excluding diaryl/α,β-unsaturated/α-hetero) is 1. The molecule has 7 nitrogen and oxygen atoms in total. The number of ether oxygens (including phenoxy) is 2. The topological polar surface area (TPSA) is 101 Å². The smallest absolute Gasteiger partial charge is 0.339 e. The van der Waals surface area contributed by atoms with Crippen molar-refractivity contribution in [2.45, 2.75) is 31.7 Å². The number of methoxy groups -OCH3 is 1. The van der Waals surface area contributed by atoms with Crippen molar-refractivity contribution in [2.75, 3.05) is 26.1 Å². The number of carbonyl (C=O) groups is 3. The molecule has 0 unspecified atom stereocenters. The first-order chi connectivity index (χ1) is 13.8. The second kappa shape index (κ2) is 10.3. The van der Waals surface area contributed by atoms with Crippen LogP contribution < -0.4 is 5.73 Å². The number of rotatable bonds is 10. The average molecular weight is 419 g/mol. The molecule has 156 valence electrons. The number of thioether (sulfide) groups is 1. The van der Waals surface area contributed by atoms with Gasteiger partial charge in [-0.1, -0.05) is 12.1 Å². The van der Waals surface area contributed by atoms with Crippen molar-refractivity contribution in [2.24, 2.45) is 5.73 Å². The van der Waals surface area contributed by atoms with E-state index in [9.17, 15) is 14.4 Å². The Morgan fingerprint density at radius 1 is 1.17 bits per heavy atom. The molecule has 2 N–H and O–H groups in total. The third-order valence-electron chi connectivity index (χ3n) is 4.44. The van der Waals surface area contributed by atoms with Gasteiger partial charge in [-0.15, -0.1) is 11.8 Å². The van der Waals surface area contributed by atoms with Crippen molar-refractivity contribution >= 4 is 29.4 Å². The second-order valence-electron chi connectivity index (χ2n) is 6.71. The molecular weight excluding hydrogens is 392 g/mol. The number of hydrogen-bond acceptors (Lipinski definition) is 6. The highest BCUT2D eigenvalue weighted by Crippen LogP contribution is 2.24. The van der Waals surface area contributed by atoms with Crippen LogP contribution in [0, 0.1) is 13.8 Å². The van der Waals surface area contributed by atoms with Gasteiger partial charge in [-0.2, -0.15) is 0 Å². The minimum Gasteiger partial charge on any atom is -0.454 e. The van der Waals surface area contributed by atoms with E-state index < -0.39 is 11.9 Å². The van der Waals surface area contributed by atoms with Gasteiger partial charge in [-0.25, -0.2) is 4.79 Å². The Kier molecular flexibility index (Phi) is 8.04. The van der Waals surface area contributed by atoms with E-state index in [1.165, 1.54) is 0 Å². The van der Waals surface area contributed by atoms with E-state index in [0.717, 1.165) is 23.1 Å². The highest BCUT2D eigenvalue weighted by atomic mass is 32.2. The van der Waals surface area contributed by atoms with Crippen LogP contribution in [0.4, 0.5) is 0 Å². The number of hydrogen-bond donors (Lipinski definition) is 1. The summed E-state index contributed by atoms with van der Waals surface area (Å²) in [6, 6.07) is 8.62. The van der Waals surface area contributed by atoms with Gasteiger partial charge in [0.1, 0.15) is 0 Å². The van der Waals surface area contributed by atoms with Gasteiger partial charge >= 0.3 is 5.97 Å². The summed E-state index contributed by atoms with van der Waals surface area (Å²) in [5.74, 6) is -1.32. The maximum Gasteiger partial charge on any atom is 0.339 e. The molecule has 0 spiro atoms. The lowest BCUT2D eigenvalue weighted by Gasteiger charge is -2.17. The van der Waals surface area contributed by atoms with Gasteiger partial charge in [0.2, 0.25) is 11.7 Å². The van der Waals surface area contributed by atoms with Gasteiger partial charge in [0.05, 0.1) is 24.0 Å². The minimum absolute atomic E-state index is 0.0505. The van der Waals surface area contributed by atoms with Gasteiger partial charge < -0.3 is 19.8 Å². The summed E-state index contributed by atoms with van der Waals surface area (Å²) in [7, 11) is 1.63. The van der Waals surface area contributed by atoms with E-state index in [0.29, 0.717) is 22.6 Å². The fraction of sp³-hybridized carbons (Fsp3) is 0.381. The fourth-order valence-electron chi connectivity index (χ4n) is 3.25. The zero-order valence-electron chi connectivity index (χ0n) is 17.1. The number of nitrogens with two attached hydrogens (primary N) is 1. The lowest BCUT2D eigenvalue weighted by atomic mass is 10.1. The van der Waals surface area contributed by atoms with Crippen LogP contribution in [-0.2, 0) is 14.3 Å².